The zero-order valence-corrected chi connectivity index (χ0v) is 12.3. The lowest BCUT2D eigenvalue weighted by atomic mass is 9.92. The Balaban J connectivity index is 2.57. The molecule has 1 aliphatic heterocycles. The van der Waals surface area contributed by atoms with Crippen molar-refractivity contribution in [3.8, 4) is 0 Å². The number of alkyl halides is 3. The molecule has 0 aromatic carbocycles. The van der Waals surface area contributed by atoms with Gasteiger partial charge in [-0.2, -0.15) is 13.2 Å². The number of nitrogens with zero attached hydrogens (tertiary/aromatic N) is 1. The molecule has 1 heterocycles. The van der Waals surface area contributed by atoms with Crippen LogP contribution in [0.4, 0.5) is 13.2 Å². The SMILES string of the molecule is CCC1(CC)CN(CCCC(F)(F)F)C(C)CCN1. The molecule has 1 saturated heterocycles. The van der Waals surface area contributed by atoms with Crippen LogP contribution in [-0.2, 0) is 0 Å². The summed E-state index contributed by atoms with van der Waals surface area (Å²) >= 11 is 0. The summed E-state index contributed by atoms with van der Waals surface area (Å²) in [6.45, 7) is 8.79. The van der Waals surface area contributed by atoms with Crippen molar-refractivity contribution in [2.45, 2.75) is 70.6 Å². The third-order valence-electron chi connectivity index (χ3n) is 4.45. The maximum Gasteiger partial charge on any atom is 0.389 e. The highest BCUT2D eigenvalue weighted by atomic mass is 19.4. The monoisotopic (exact) mass is 280 g/mol. The number of hydrogen-bond donors (Lipinski definition) is 1. The quantitative estimate of drug-likeness (QED) is 0.828. The zero-order valence-electron chi connectivity index (χ0n) is 12.3. The van der Waals surface area contributed by atoms with Gasteiger partial charge in [0, 0.05) is 24.5 Å². The fraction of sp³-hybridized carbons (Fsp3) is 1.00. The highest BCUT2D eigenvalue weighted by Gasteiger charge is 2.33. The minimum atomic E-state index is -4.03. The van der Waals surface area contributed by atoms with Crippen molar-refractivity contribution >= 4 is 0 Å². The molecule has 1 unspecified atom stereocenters. The zero-order chi connectivity index (χ0) is 14.5. The second-order valence-electron chi connectivity index (χ2n) is 5.74. The number of nitrogens with one attached hydrogen (secondary N) is 1. The van der Waals surface area contributed by atoms with Crippen molar-refractivity contribution in [3.63, 3.8) is 0 Å². The van der Waals surface area contributed by atoms with E-state index in [-0.39, 0.29) is 12.0 Å². The summed E-state index contributed by atoms with van der Waals surface area (Å²) in [6, 6.07) is 0.362. The molecule has 19 heavy (non-hydrogen) atoms. The molecule has 0 spiro atoms. The summed E-state index contributed by atoms with van der Waals surface area (Å²) in [6.07, 6.45) is -1.45. The molecule has 5 heteroatoms. The van der Waals surface area contributed by atoms with E-state index in [4.69, 9.17) is 0 Å². The van der Waals surface area contributed by atoms with Crippen LogP contribution >= 0.6 is 0 Å². The lowest BCUT2D eigenvalue weighted by Gasteiger charge is -2.37. The van der Waals surface area contributed by atoms with E-state index in [1.165, 1.54) is 0 Å². The molecule has 0 saturated carbocycles. The van der Waals surface area contributed by atoms with Gasteiger partial charge in [-0.05, 0) is 45.7 Å². The lowest BCUT2D eigenvalue weighted by molar-refractivity contribution is -0.136. The Morgan fingerprint density at radius 2 is 1.89 bits per heavy atom. The van der Waals surface area contributed by atoms with Crippen LogP contribution in [0.2, 0.25) is 0 Å². The first-order chi connectivity index (χ1) is 8.82. The van der Waals surface area contributed by atoms with Crippen molar-refractivity contribution in [1.82, 2.24) is 10.2 Å². The van der Waals surface area contributed by atoms with Crippen LogP contribution in [-0.4, -0.2) is 42.3 Å². The Hall–Kier alpha value is -0.290. The normalized spacial score (nSPS) is 25.3. The van der Waals surface area contributed by atoms with Crippen LogP contribution in [0.5, 0.6) is 0 Å². The molecule has 1 atom stereocenters. The summed E-state index contributed by atoms with van der Waals surface area (Å²) in [5.41, 5.74) is 0.0724. The van der Waals surface area contributed by atoms with Gasteiger partial charge < -0.3 is 5.32 Å². The Kier molecular flexibility index (Phi) is 6.12. The molecule has 0 aliphatic carbocycles. The van der Waals surface area contributed by atoms with E-state index in [0.29, 0.717) is 12.6 Å². The molecule has 2 nitrogen and oxygen atoms in total. The van der Waals surface area contributed by atoms with Gasteiger partial charge in [-0.25, -0.2) is 0 Å². The fourth-order valence-corrected chi connectivity index (χ4v) is 2.83. The van der Waals surface area contributed by atoms with Crippen molar-refractivity contribution in [1.29, 1.82) is 0 Å². The molecule has 0 aromatic rings. The Morgan fingerprint density at radius 3 is 2.42 bits per heavy atom. The smallest absolute Gasteiger partial charge is 0.310 e. The number of hydrogen-bond acceptors (Lipinski definition) is 2. The van der Waals surface area contributed by atoms with Gasteiger partial charge >= 0.3 is 6.18 Å². The third-order valence-corrected chi connectivity index (χ3v) is 4.45. The first-order valence-electron chi connectivity index (χ1n) is 7.38. The van der Waals surface area contributed by atoms with E-state index in [1.54, 1.807) is 0 Å². The second-order valence-corrected chi connectivity index (χ2v) is 5.74. The standard InChI is InChI=1S/C14H27F3N2/c1-4-13(5-2)11-19(12(3)7-9-18-13)10-6-8-14(15,16)17/h12,18H,4-11H2,1-3H3. The molecule has 0 amide bonds. The molecule has 114 valence electrons. The van der Waals surface area contributed by atoms with Gasteiger partial charge in [0.2, 0.25) is 0 Å². The predicted octanol–water partition coefficient (Wildman–Crippen LogP) is 3.57. The average Bonchev–Trinajstić information content (AvgIpc) is 2.49. The van der Waals surface area contributed by atoms with E-state index < -0.39 is 12.6 Å². The van der Waals surface area contributed by atoms with Crippen LogP contribution in [0.15, 0.2) is 0 Å². The lowest BCUT2D eigenvalue weighted by Crippen LogP contribution is -2.51. The molecule has 1 aliphatic rings. The first-order valence-corrected chi connectivity index (χ1v) is 7.38. The van der Waals surface area contributed by atoms with E-state index >= 15 is 0 Å². The minimum Gasteiger partial charge on any atom is -0.310 e. The van der Waals surface area contributed by atoms with E-state index in [9.17, 15) is 13.2 Å². The van der Waals surface area contributed by atoms with Crippen LogP contribution in [0.25, 0.3) is 0 Å². The molecule has 0 aromatic heterocycles. The van der Waals surface area contributed by atoms with Crippen LogP contribution in [0.1, 0.15) is 52.9 Å². The summed E-state index contributed by atoms with van der Waals surface area (Å²) in [4.78, 5) is 2.23. The van der Waals surface area contributed by atoms with Crippen LogP contribution in [0, 0.1) is 0 Å². The summed E-state index contributed by atoms with van der Waals surface area (Å²) in [5, 5.41) is 3.60. The van der Waals surface area contributed by atoms with Gasteiger partial charge in [0.05, 0.1) is 0 Å². The van der Waals surface area contributed by atoms with Crippen molar-refractivity contribution in [3.05, 3.63) is 0 Å². The predicted molar refractivity (Wildman–Crippen MR) is 72.3 cm³/mol. The highest BCUT2D eigenvalue weighted by molar-refractivity contribution is 4.93. The van der Waals surface area contributed by atoms with E-state index in [0.717, 1.165) is 32.4 Å². The van der Waals surface area contributed by atoms with Gasteiger partial charge in [-0.1, -0.05) is 13.8 Å². The second kappa shape index (κ2) is 6.93. The van der Waals surface area contributed by atoms with E-state index in [2.05, 4.69) is 31.0 Å². The van der Waals surface area contributed by atoms with Gasteiger partial charge in [0.25, 0.3) is 0 Å². The minimum absolute atomic E-state index is 0.0724. The molecule has 1 fully saturated rings. The highest BCUT2D eigenvalue weighted by Crippen LogP contribution is 2.25. The van der Waals surface area contributed by atoms with Crippen molar-refractivity contribution in [2.24, 2.45) is 0 Å². The molecule has 1 rings (SSSR count). The molecular formula is C14H27F3N2. The van der Waals surface area contributed by atoms with Gasteiger partial charge in [0.1, 0.15) is 0 Å². The number of halogens is 3. The average molecular weight is 280 g/mol. The molecular weight excluding hydrogens is 253 g/mol. The first kappa shape index (κ1) is 16.8. The molecule has 1 N–H and O–H groups in total. The molecule has 0 bridgehead atoms. The van der Waals surface area contributed by atoms with Gasteiger partial charge in [0.15, 0.2) is 0 Å². The Morgan fingerprint density at radius 1 is 1.26 bits per heavy atom. The Labute approximate surface area is 114 Å². The number of rotatable bonds is 5. The third kappa shape index (κ3) is 5.30. The van der Waals surface area contributed by atoms with Crippen molar-refractivity contribution < 1.29 is 13.2 Å². The van der Waals surface area contributed by atoms with Crippen LogP contribution < -0.4 is 5.32 Å². The molecule has 0 radical (unpaired) electrons. The summed E-state index contributed by atoms with van der Waals surface area (Å²) in [5.74, 6) is 0. The maximum atomic E-state index is 12.2. The van der Waals surface area contributed by atoms with E-state index in [1.807, 2.05) is 0 Å². The summed E-state index contributed by atoms with van der Waals surface area (Å²) in [7, 11) is 0. The largest absolute Gasteiger partial charge is 0.389 e. The van der Waals surface area contributed by atoms with Crippen molar-refractivity contribution in [2.75, 3.05) is 19.6 Å². The van der Waals surface area contributed by atoms with Gasteiger partial charge in [-0.15, -0.1) is 0 Å². The Bertz CT molecular complexity index is 262. The maximum absolute atomic E-state index is 12.2. The van der Waals surface area contributed by atoms with Crippen LogP contribution in [0.3, 0.4) is 0 Å². The topological polar surface area (TPSA) is 15.3 Å². The van der Waals surface area contributed by atoms with Gasteiger partial charge in [-0.3, -0.25) is 4.90 Å². The fourth-order valence-electron chi connectivity index (χ4n) is 2.83. The summed E-state index contributed by atoms with van der Waals surface area (Å²) < 4.78 is 36.7.